The molecule has 0 radical (unpaired) electrons. The van der Waals surface area contributed by atoms with Crippen molar-refractivity contribution in [2.75, 3.05) is 5.73 Å². The Morgan fingerprint density at radius 3 is 2.16 bits per heavy atom. The minimum atomic E-state index is 0.0508. The second kappa shape index (κ2) is 4.96. The SMILES string of the molecule is Cc1ccc(Oc2ccc(N)cc2)c(C(C)(C)C)c1. The maximum absolute atomic E-state index is 5.99. The highest BCUT2D eigenvalue weighted by Crippen LogP contribution is 2.34. The van der Waals surface area contributed by atoms with E-state index in [0.29, 0.717) is 0 Å². The summed E-state index contributed by atoms with van der Waals surface area (Å²) in [5, 5.41) is 0. The number of benzene rings is 2. The molecule has 100 valence electrons. The van der Waals surface area contributed by atoms with Gasteiger partial charge in [-0.15, -0.1) is 0 Å². The second-order valence-electron chi connectivity index (χ2n) is 5.92. The van der Waals surface area contributed by atoms with Crippen molar-refractivity contribution in [2.45, 2.75) is 33.1 Å². The average Bonchev–Trinajstić information content (AvgIpc) is 2.33. The molecule has 2 aromatic carbocycles. The molecule has 2 rings (SSSR count). The number of rotatable bonds is 2. The van der Waals surface area contributed by atoms with E-state index in [1.54, 1.807) is 0 Å². The van der Waals surface area contributed by atoms with Crippen molar-refractivity contribution in [3.05, 3.63) is 53.6 Å². The Labute approximate surface area is 115 Å². The van der Waals surface area contributed by atoms with Gasteiger partial charge in [0.1, 0.15) is 11.5 Å². The minimum absolute atomic E-state index is 0.0508. The third-order valence-corrected chi connectivity index (χ3v) is 3.05. The van der Waals surface area contributed by atoms with Gasteiger partial charge in [-0.1, -0.05) is 38.5 Å². The summed E-state index contributed by atoms with van der Waals surface area (Å²) >= 11 is 0. The zero-order chi connectivity index (χ0) is 14.0. The zero-order valence-corrected chi connectivity index (χ0v) is 12.0. The molecule has 2 nitrogen and oxygen atoms in total. The molecule has 19 heavy (non-hydrogen) atoms. The molecular formula is C17H21NO. The molecule has 0 unspecified atom stereocenters. The van der Waals surface area contributed by atoms with Gasteiger partial charge in [0.05, 0.1) is 0 Å². The predicted molar refractivity (Wildman–Crippen MR) is 80.8 cm³/mol. The molecule has 0 heterocycles. The first-order valence-corrected chi connectivity index (χ1v) is 6.51. The summed E-state index contributed by atoms with van der Waals surface area (Å²) in [6.07, 6.45) is 0. The van der Waals surface area contributed by atoms with Crippen LogP contribution in [0.5, 0.6) is 11.5 Å². The number of nitrogens with two attached hydrogens (primary N) is 1. The van der Waals surface area contributed by atoms with Gasteiger partial charge in [0.25, 0.3) is 0 Å². The number of ether oxygens (including phenoxy) is 1. The van der Waals surface area contributed by atoms with Crippen molar-refractivity contribution >= 4 is 5.69 Å². The lowest BCUT2D eigenvalue weighted by atomic mass is 9.85. The van der Waals surface area contributed by atoms with Gasteiger partial charge >= 0.3 is 0 Å². The van der Waals surface area contributed by atoms with Crippen LogP contribution >= 0.6 is 0 Å². The molecule has 0 aliphatic heterocycles. The van der Waals surface area contributed by atoms with E-state index in [4.69, 9.17) is 10.5 Å². The highest BCUT2D eigenvalue weighted by molar-refractivity contribution is 5.46. The van der Waals surface area contributed by atoms with Gasteiger partial charge in [0, 0.05) is 11.3 Å². The lowest BCUT2D eigenvalue weighted by Crippen LogP contribution is -2.12. The third-order valence-electron chi connectivity index (χ3n) is 3.05. The molecule has 0 saturated carbocycles. The van der Waals surface area contributed by atoms with Gasteiger partial charge in [-0.05, 0) is 42.7 Å². The van der Waals surface area contributed by atoms with Gasteiger partial charge < -0.3 is 10.5 Å². The molecule has 0 saturated heterocycles. The largest absolute Gasteiger partial charge is 0.457 e. The van der Waals surface area contributed by atoms with Gasteiger partial charge in [0.2, 0.25) is 0 Å². The van der Waals surface area contributed by atoms with E-state index in [0.717, 1.165) is 17.2 Å². The smallest absolute Gasteiger partial charge is 0.131 e. The third kappa shape index (κ3) is 3.28. The average molecular weight is 255 g/mol. The Morgan fingerprint density at radius 1 is 0.947 bits per heavy atom. The van der Waals surface area contributed by atoms with E-state index in [9.17, 15) is 0 Å². The van der Waals surface area contributed by atoms with E-state index in [1.165, 1.54) is 11.1 Å². The standard InChI is InChI=1S/C17H21NO/c1-12-5-10-16(15(11-12)17(2,3)4)19-14-8-6-13(18)7-9-14/h5-11H,18H2,1-4H3. The fourth-order valence-corrected chi connectivity index (χ4v) is 1.98. The maximum atomic E-state index is 5.99. The molecule has 0 amide bonds. The van der Waals surface area contributed by atoms with Crippen molar-refractivity contribution in [3.8, 4) is 11.5 Å². The lowest BCUT2D eigenvalue weighted by molar-refractivity contribution is 0.455. The minimum Gasteiger partial charge on any atom is -0.457 e. The quantitative estimate of drug-likeness (QED) is 0.792. The van der Waals surface area contributed by atoms with Crippen molar-refractivity contribution in [3.63, 3.8) is 0 Å². The highest BCUT2D eigenvalue weighted by Gasteiger charge is 2.19. The van der Waals surface area contributed by atoms with Gasteiger partial charge in [-0.3, -0.25) is 0 Å². The highest BCUT2D eigenvalue weighted by atomic mass is 16.5. The van der Waals surface area contributed by atoms with E-state index in [1.807, 2.05) is 30.3 Å². The van der Waals surface area contributed by atoms with Gasteiger partial charge in [-0.25, -0.2) is 0 Å². The summed E-state index contributed by atoms with van der Waals surface area (Å²) in [6, 6.07) is 13.8. The molecule has 2 N–H and O–H groups in total. The topological polar surface area (TPSA) is 35.2 Å². The van der Waals surface area contributed by atoms with Crippen molar-refractivity contribution in [1.29, 1.82) is 0 Å². The van der Waals surface area contributed by atoms with Crippen molar-refractivity contribution < 1.29 is 4.74 Å². The van der Waals surface area contributed by atoms with Crippen LogP contribution in [0.1, 0.15) is 31.9 Å². The Morgan fingerprint density at radius 2 is 1.58 bits per heavy atom. The molecule has 0 spiro atoms. The lowest BCUT2D eigenvalue weighted by Gasteiger charge is -2.23. The van der Waals surface area contributed by atoms with E-state index >= 15 is 0 Å². The van der Waals surface area contributed by atoms with Gasteiger partial charge in [0.15, 0.2) is 0 Å². The van der Waals surface area contributed by atoms with Crippen molar-refractivity contribution in [1.82, 2.24) is 0 Å². The molecule has 2 aromatic rings. The van der Waals surface area contributed by atoms with Crippen LogP contribution < -0.4 is 10.5 Å². The van der Waals surface area contributed by atoms with E-state index < -0.39 is 0 Å². The fraction of sp³-hybridized carbons (Fsp3) is 0.294. The van der Waals surface area contributed by atoms with Crippen LogP contribution in [0.15, 0.2) is 42.5 Å². The molecule has 0 aliphatic rings. The second-order valence-corrected chi connectivity index (χ2v) is 5.92. The van der Waals surface area contributed by atoms with Crippen molar-refractivity contribution in [2.24, 2.45) is 0 Å². The Balaban J connectivity index is 2.37. The Hall–Kier alpha value is -1.96. The summed E-state index contributed by atoms with van der Waals surface area (Å²) < 4.78 is 5.99. The normalized spacial score (nSPS) is 11.4. The predicted octanol–water partition coefficient (Wildman–Crippen LogP) is 4.67. The Kier molecular flexibility index (Phi) is 3.52. The summed E-state index contributed by atoms with van der Waals surface area (Å²) in [7, 11) is 0. The van der Waals surface area contributed by atoms with Crippen LogP contribution in [0.4, 0.5) is 5.69 Å². The molecule has 0 atom stereocenters. The summed E-state index contributed by atoms with van der Waals surface area (Å²) in [5.74, 6) is 1.71. The van der Waals surface area contributed by atoms with E-state index in [2.05, 4.69) is 39.8 Å². The molecule has 2 heteroatoms. The number of hydrogen-bond acceptors (Lipinski definition) is 2. The molecule has 0 bridgehead atoms. The van der Waals surface area contributed by atoms with Gasteiger partial charge in [-0.2, -0.15) is 0 Å². The summed E-state index contributed by atoms with van der Waals surface area (Å²) in [6.45, 7) is 8.68. The van der Waals surface area contributed by atoms with Crippen LogP contribution in [0, 0.1) is 6.92 Å². The fourth-order valence-electron chi connectivity index (χ4n) is 1.98. The number of nitrogen functional groups attached to an aromatic ring is 1. The number of hydrogen-bond donors (Lipinski definition) is 1. The van der Waals surface area contributed by atoms with Crippen LogP contribution in [0.3, 0.4) is 0 Å². The zero-order valence-electron chi connectivity index (χ0n) is 12.0. The molecule has 0 aliphatic carbocycles. The van der Waals surface area contributed by atoms with Crippen LogP contribution in [-0.2, 0) is 5.41 Å². The first kappa shape index (κ1) is 13.5. The summed E-state index contributed by atoms with van der Waals surface area (Å²) in [5.41, 5.74) is 8.93. The molecular weight excluding hydrogens is 234 g/mol. The molecule has 0 aromatic heterocycles. The van der Waals surface area contributed by atoms with E-state index in [-0.39, 0.29) is 5.41 Å². The van der Waals surface area contributed by atoms with Crippen LogP contribution in [-0.4, -0.2) is 0 Å². The first-order valence-electron chi connectivity index (χ1n) is 6.51. The monoisotopic (exact) mass is 255 g/mol. The van der Waals surface area contributed by atoms with Crippen LogP contribution in [0.25, 0.3) is 0 Å². The summed E-state index contributed by atoms with van der Waals surface area (Å²) in [4.78, 5) is 0. The maximum Gasteiger partial charge on any atom is 0.131 e. The number of anilines is 1. The Bertz CT molecular complexity index is 565. The molecule has 0 fully saturated rings. The first-order chi connectivity index (χ1) is 8.86. The number of aryl methyl sites for hydroxylation is 1. The van der Waals surface area contributed by atoms with Crippen LogP contribution in [0.2, 0.25) is 0 Å².